The zero-order chi connectivity index (χ0) is 15.8. The Hall–Kier alpha value is -2.08. The molecule has 0 bridgehead atoms. The van der Waals surface area contributed by atoms with Gasteiger partial charge in [0.1, 0.15) is 0 Å². The summed E-state index contributed by atoms with van der Waals surface area (Å²) in [5.74, 6) is -0.487. The third-order valence-electron chi connectivity index (χ3n) is 1.70. The summed E-state index contributed by atoms with van der Waals surface area (Å²) in [5.41, 5.74) is 0.870. The van der Waals surface area contributed by atoms with Crippen molar-refractivity contribution >= 4 is 36.6 Å². The van der Waals surface area contributed by atoms with Crippen LogP contribution in [0.3, 0.4) is 0 Å². The molecule has 4 nitrogen and oxygen atoms in total. The van der Waals surface area contributed by atoms with E-state index in [4.69, 9.17) is 17.0 Å². The number of nitrogens with zero attached hydrogens (tertiary/aromatic N) is 2. The number of hydrogen-bond acceptors (Lipinski definition) is 3. The van der Waals surface area contributed by atoms with Crippen molar-refractivity contribution in [3.05, 3.63) is 39.8 Å². The number of ether oxygens (including phenoxy) is 1. The second-order valence-corrected chi connectivity index (χ2v) is 3.59. The Balaban J connectivity index is 0.000000621. The van der Waals surface area contributed by atoms with Crippen LogP contribution in [0.4, 0.5) is 23.0 Å². The van der Waals surface area contributed by atoms with Crippen LogP contribution in [0.1, 0.15) is 5.56 Å². The number of halogens is 5. The summed E-state index contributed by atoms with van der Waals surface area (Å²) in [6.45, 7) is 0. The van der Waals surface area contributed by atoms with E-state index in [1.807, 2.05) is 0 Å². The van der Waals surface area contributed by atoms with Gasteiger partial charge in [0, 0.05) is 17.2 Å². The number of carbonyl (C=O) groups is 1. The first kappa shape index (κ1) is 17.9. The first-order valence-electron chi connectivity index (χ1n) is 4.95. The van der Waals surface area contributed by atoms with Gasteiger partial charge in [-0.15, -0.1) is 0 Å². The van der Waals surface area contributed by atoms with E-state index in [0.29, 0.717) is 16.3 Å². The number of methoxy groups -OCH3 is 1. The first-order valence-corrected chi connectivity index (χ1v) is 5.33. The van der Waals surface area contributed by atoms with Gasteiger partial charge in [-0.1, -0.05) is 11.6 Å². The molecule has 0 saturated carbocycles. The highest BCUT2D eigenvalue weighted by Gasteiger charge is 2.20. The molecule has 0 atom stereocenters. The Labute approximate surface area is 116 Å². The zero-order valence-electron chi connectivity index (χ0n) is 10.1. The van der Waals surface area contributed by atoms with Gasteiger partial charge >= 0.3 is 18.9 Å². The summed E-state index contributed by atoms with van der Waals surface area (Å²) in [7, 11) is -4.72. The highest BCUT2D eigenvalue weighted by molar-refractivity contribution is 6.50. The molecular weight excluding hydrogens is 302 g/mol. The van der Waals surface area contributed by atoms with Gasteiger partial charge in [0.05, 0.1) is 12.7 Å². The number of benzene rings is 1. The lowest BCUT2D eigenvalue weighted by atomic mass is 10.1. The third kappa shape index (κ3) is 8.94. The summed E-state index contributed by atoms with van der Waals surface area (Å²) in [6.07, 6.45) is 2.69. The van der Waals surface area contributed by atoms with Crippen LogP contribution in [0.25, 0.3) is 11.1 Å². The van der Waals surface area contributed by atoms with Crippen LogP contribution in [0.5, 0.6) is 0 Å². The Bertz CT molecular complexity index is 537. The van der Waals surface area contributed by atoms with Gasteiger partial charge in [-0.05, 0) is 18.2 Å². The second kappa shape index (κ2) is 8.17. The standard InChI is InChI=1S/C10H8ClN2O2.BF4/c1-15-10(14)5-2-7-6-8(11)3-4-9(7)13-12;2-1(3,4)5/h2-6H,1H3;/q+1;-1/b5-2+;. The van der Waals surface area contributed by atoms with Crippen molar-refractivity contribution in [2.75, 3.05) is 7.11 Å². The first-order chi connectivity index (χ1) is 9.17. The molecular formula is C10H8BClF4N2O2. The summed E-state index contributed by atoms with van der Waals surface area (Å²) >= 11 is 5.75. The maximum atomic E-state index is 10.8. The fourth-order valence-corrected chi connectivity index (χ4v) is 1.16. The zero-order valence-corrected chi connectivity index (χ0v) is 10.8. The average molecular weight is 310 g/mol. The molecule has 0 fully saturated rings. The molecule has 1 aromatic rings. The lowest BCUT2D eigenvalue weighted by Gasteiger charge is -1.94. The van der Waals surface area contributed by atoms with Gasteiger partial charge in [0.2, 0.25) is 5.39 Å². The predicted molar refractivity (Wildman–Crippen MR) is 67.4 cm³/mol. The molecule has 0 N–H and O–H groups in total. The van der Waals surface area contributed by atoms with Crippen LogP contribution in [0, 0.1) is 5.39 Å². The molecule has 10 heteroatoms. The number of diazo groups is 1. The van der Waals surface area contributed by atoms with Crippen molar-refractivity contribution < 1.29 is 26.8 Å². The van der Waals surface area contributed by atoms with E-state index in [1.54, 1.807) is 18.2 Å². The fourth-order valence-electron chi connectivity index (χ4n) is 0.976. The predicted octanol–water partition coefficient (Wildman–Crippen LogP) is 4.31. The molecule has 0 aromatic heterocycles. The molecule has 0 saturated heterocycles. The van der Waals surface area contributed by atoms with Gasteiger partial charge in [-0.3, -0.25) is 0 Å². The van der Waals surface area contributed by atoms with E-state index in [1.165, 1.54) is 19.3 Å². The minimum atomic E-state index is -6.00. The van der Waals surface area contributed by atoms with Crippen LogP contribution >= 0.6 is 11.6 Å². The van der Waals surface area contributed by atoms with Gasteiger partial charge in [-0.25, -0.2) is 4.79 Å². The molecule has 1 aromatic carbocycles. The SMILES string of the molecule is COC(=O)/C=C/c1cc(Cl)ccc1[N+]#N.F[B-](F)(F)F. The summed E-state index contributed by atoms with van der Waals surface area (Å²) in [4.78, 5) is 13.9. The quantitative estimate of drug-likeness (QED) is 0.269. The van der Waals surface area contributed by atoms with Crippen LogP contribution in [-0.2, 0) is 9.53 Å². The molecule has 1 rings (SSSR count). The number of hydrogen-bond donors (Lipinski definition) is 0. The van der Waals surface area contributed by atoms with Crippen molar-refractivity contribution in [3.8, 4) is 0 Å². The number of rotatable bonds is 2. The van der Waals surface area contributed by atoms with Crippen molar-refractivity contribution in [1.29, 1.82) is 5.39 Å². The van der Waals surface area contributed by atoms with Crippen molar-refractivity contribution in [2.24, 2.45) is 0 Å². The van der Waals surface area contributed by atoms with Crippen LogP contribution in [0.15, 0.2) is 24.3 Å². The Kier molecular flexibility index (Phi) is 7.32. The lowest BCUT2D eigenvalue weighted by molar-refractivity contribution is -0.134. The van der Waals surface area contributed by atoms with E-state index in [0.717, 1.165) is 0 Å². The van der Waals surface area contributed by atoms with E-state index in [9.17, 15) is 22.1 Å². The van der Waals surface area contributed by atoms with E-state index in [2.05, 4.69) is 9.71 Å². The van der Waals surface area contributed by atoms with Crippen LogP contribution in [0.2, 0.25) is 5.02 Å². The maximum Gasteiger partial charge on any atom is 0.673 e. The minimum absolute atomic E-state index is 0.333. The van der Waals surface area contributed by atoms with Gasteiger partial charge in [0.25, 0.3) is 0 Å². The molecule has 0 aliphatic heterocycles. The normalized spacial score (nSPS) is 10.4. The number of esters is 1. The number of carbonyl (C=O) groups excluding carboxylic acids is 1. The third-order valence-corrected chi connectivity index (χ3v) is 1.93. The van der Waals surface area contributed by atoms with Gasteiger partial charge in [0.15, 0.2) is 4.98 Å². The highest BCUT2D eigenvalue weighted by atomic mass is 35.5. The Morgan fingerprint density at radius 3 is 2.40 bits per heavy atom. The van der Waals surface area contributed by atoms with Crippen molar-refractivity contribution in [1.82, 2.24) is 0 Å². The van der Waals surface area contributed by atoms with Crippen molar-refractivity contribution in [3.63, 3.8) is 0 Å². The summed E-state index contributed by atoms with van der Waals surface area (Å²) in [5, 5.41) is 9.16. The maximum absolute atomic E-state index is 10.8. The highest BCUT2D eigenvalue weighted by Crippen LogP contribution is 2.24. The fraction of sp³-hybridized carbons (Fsp3) is 0.100. The molecule has 0 aliphatic rings. The van der Waals surface area contributed by atoms with Crippen LogP contribution in [-0.4, -0.2) is 20.3 Å². The van der Waals surface area contributed by atoms with E-state index in [-0.39, 0.29) is 0 Å². The molecule has 108 valence electrons. The molecule has 0 unspecified atom stereocenters. The molecule has 20 heavy (non-hydrogen) atoms. The van der Waals surface area contributed by atoms with Crippen LogP contribution < -0.4 is 0 Å². The second-order valence-electron chi connectivity index (χ2n) is 3.15. The molecule has 0 radical (unpaired) electrons. The lowest BCUT2D eigenvalue weighted by Crippen LogP contribution is -2.02. The summed E-state index contributed by atoms with van der Waals surface area (Å²) < 4.78 is 43.4. The Morgan fingerprint density at radius 1 is 1.40 bits per heavy atom. The van der Waals surface area contributed by atoms with Gasteiger partial charge in [-0.2, -0.15) is 0 Å². The Morgan fingerprint density at radius 2 is 1.95 bits per heavy atom. The monoisotopic (exact) mass is 310 g/mol. The molecule has 0 aliphatic carbocycles. The molecule has 0 spiro atoms. The topological polar surface area (TPSA) is 54.5 Å². The molecule has 0 heterocycles. The largest absolute Gasteiger partial charge is 0.673 e. The van der Waals surface area contributed by atoms with Crippen molar-refractivity contribution in [2.45, 2.75) is 0 Å². The van der Waals surface area contributed by atoms with E-state index >= 15 is 0 Å². The average Bonchev–Trinajstić information content (AvgIpc) is 2.34. The van der Waals surface area contributed by atoms with Gasteiger partial charge < -0.3 is 22.0 Å². The van der Waals surface area contributed by atoms with E-state index < -0.39 is 13.2 Å². The minimum Gasteiger partial charge on any atom is -0.466 e. The smallest absolute Gasteiger partial charge is 0.466 e. The summed E-state index contributed by atoms with van der Waals surface area (Å²) in [6, 6.07) is 4.71. The molecule has 0 amide bonds.